The molecule has 0 bridgehead atoms. The summed E-state index contributed by atoms with van der Waals surface area (Å²) in [7, 11) is -0.435. The molecule has 0 radical (unpaired) electrons. The number of hydrogen-bond donors (Lipinski definition) is 0. The Morgan fingerprint density at radius 1 is 1.16 bits per heavy atom. The summed E-state index contributed by atoms with van der Waals surface area (Å²) in [4.78, 5) is 4.45. The minimum atomic E-state index is -0.435. The van der Waals surface area contributed by atoms with Crippen molar-refractivity contribution in [3.63, 3.8) is 0 Å². The minimum absolute atomic E-state index is 0.348. The second-order valence-electron chi connectivity index (χ2n) is 5.84. The lowest BCUT2D eigenvalue weighted by Crippen LogP contribution is -2.41. The van der Waals surface area contributed by atoms with E-state index < -0.39 is 7.12 Å². The van der Waals surface area contributed by atoms with Crippen LogP contribution in [0.15, 0.2) is 18.2 Å². The van der Waals surface area contributed by atoms with Crippen molar-refractivity contribution in [2.24, 2.45) is 0 Å². The molecule has 2 heterocycles. The van der Waals surface area contributed by atoms with Gasteiger partial charge in [-0.1, -0.05) is 13.0 Å². The Morgan fingerprint density at radius 3 is 2.37 bits per heavy atom. The van der Waals surface area contributed by atoms with Crippen LogP contribution in [0.2, 0.25) is 0 Å². The van der Waals surface area contributed by atoms with Gasteiger partial charge >= 0.3 is 7.12 Å². The number of nitrogens with zero attached hydrogens (tertiary/aromatic N) is 1. The molecule has 1 aromatic heterocycles. The fourth-order valence-corrected chi connectivity index (χ4v) is 1.81. The lowest BCUT2D eigenvalue weighted by Gasteiger charge is -2.32. The highest BCUT2D eigenvalue weighted by Gasteiger charge is 2.52. The molecule has 1 fully saturated rings. The summed E-state index contributed by atoms with van der Waals surface area (Å²) >= 11 is 0. The monoisotopic (exact) mass is 263 g/mol. The summed E-state index contributed by atoms with van der Waals surface area (Å²) in [6, 6.07) is 5.67. The van der Waals surface area contributed by atoms with Gasteiger partial charge in [0.15, 0.2) is 0 Å². The molecule has 0 atom stereocenters. The Labute approximate surface area is 115 Å². The van der Waals surface area contributed by atoms with E-state index in [1.54, 1.807) is 0 Å². The first-order valence-electron chi connectivity index (χ1n) is 6.81. The van der Waals surface area contributed by atoms with Crippen LogP contribution >= 0.6 is 0 Å². The van der Waals surface area contributed by atoms with Crippen LogP contribution in [0, 0.1) is 0 Å². The minimum Gasteiger partial charge on any atom is -0.478 e. The van der Waals surface area contributed by atoms with Gasteiger partial charge in [0, 0.05) is 6.07 Å². The molecule has 19 heavy (non-hydrogen) atoms. The van der Waals surface area contributed by atoms with Crippen LogP contribution in [0.25, 0.3) is 0 Å². The van der Waals surface area contributed by atoms with Crippen LogP contribution in [0.4, 0.5) is 0 Å². The highest BCUT2D eigenvalue weighted by atomic mass is 16.7. The van der Waals surface area contributed by atoms with Gasteiger partial charge in [-0.15, -0.1) is 0 Å². The molecular formula is C14H22BNO3. The highest BCUT2D eigenvalue weighted by Crippen LogP contribution is 2.36. The molecule has 0 spiro atoms. The van der Waals surface area contributed by atoms with Crippen molar-refractivity contribution in [3.05, 3.63) is 18.2 Å². The molecule has 0 aliphatic carbocycles. The Bertz CT molecular complexity index is 432. The number of ether oxygens (including phenoxy) is 1. The van der Waals surface area contributed by atoms with Crippen LogP contribution in [-0.2, 0) is 9.31 Å². The maximum absolute atomic E-state index is 5.97. The number of pyridine rings is 1. The quantitative estimate of drug-likeness (QED) is 0.780. The topological polar surface area (TPSA) is 40.6 Å². The van der Waals surface area contributed by atoms with Gasteiger partial charge < -0.3 is 14.0 Å². The van der Waals surface area contributed by atoms with E-state index in [2.05, 4.69) is 11.9 Å². The van der Waals surface area contributed by atoms with Crippen molar-refractivity contribution in [2.75, 3.05) is 6.61 Å². The van der Waals surface area contributed by atoms with E-state index in [0.717, 1.165) is 12.0 Å². The fraction of sp³-hybridized carbons (Fsp3) is 0.643. The van der Waals surface area contributed by atoms with Crippen molar-refractivity contribution in [3.8, 4) is 5.88 Å². The Kier molecular flexibility index (Phi) is 3.88. The first kappa shape index (κ1) is 14.3. The van der Waals surface area contributed by atoms with E-state index in [1.807, 2.05) is 45.9 Å². The molecule has 0 N–H and O–H groups in total. The zero-order valence-corrected chi connectivity index (χ0v) is 12.4. The van der Waals surface area contributed by atoms with Crippen molar-refractivity contribution in [2.45, 2.75) is 52.2 Å². The summed E-state index contributed by atoms with van der Waals surface area (Å²) < 4.78 is 17.5. The first-order chi connectivity index (χ1) is 8.86. The standard InChI is InChI=1S/C14H22BNO3/c1-6-10-17-12-9-7-8-11(16-12)15-18-13(2,3)14(4,5)19-15/h7-9H,6,10H2,1-5H3. The Balaban J connectivity index is 2.15. The SMILES string of the molecule is CCCOc1cccc(B2OC(C)(C)C(C)(C)O2)n1. The third-order valence-corrected chi connectivity index (χ3v) is 3.69. The molecule has 1 aliphatic rings. The molecule has 0 aromatic carbocycles. The van der Waals surface area contributed by atoms with Gasteiger partial charge in [0.1, 0.15) is 0 Å². The molecule has 0 amide bonds. The third-order valence-electron chi connectivity index (χ3n) is 3.69. The number of rotatable bonds is 4. The Morgan fingerprint density at radius 2 is 1.79 bits per heavy atom. The summed E-state index contributed by atoms with van der Waals surface area (Å²) in [5.41, 5.74) is 0.0615. The van der Waals surface area contributed by atoms with Crippen molar-refractivity contribution >= 4 is 12.7 Å². The van der Waals surface area contributed by atoms with Crippen LogP contribution in [0.1, 0.15) is 41.0 Å². The second-order valence-corrected chi connectivity index (χ2v) is 5.84. The van der Waals surface area contributed by atoms with E-state index in [0.29, 0.717) is 12.5 Å². The molecule has 1 aromatic rings. The zero-order chi connectivity index (χ0) is 14.1. The summed E-state index contributed by atoms with van der Waals surface area (Å²) in [5, 5.41) is 0. The van der Waals surface area contributed by atoms with Crippen molar-refractivity contribution in [1.29, 1.82) is 0 Å². The van der Waals surface area contributed by atoms with E-state index >= 15 is 0 Å². The molecule has 1 saturated heterocycles. The lowest BCUT2D eigenvalue weighted by atomic mass is 9.84. The van der Waals surface area contributed by atoms with Crippen LogP contribution in [0.3, 0.4) is 0 Å². The van der Waals surface area contributed by atoms with Crippen molar-refractivity contribution < 1.29 is 14.0 Å². The molecule has 0 unspecified atom stereocenters. The molecule has 4 nitrogen and oxygen atoms in total. The maximum atomic E-state index is 5.97. The second kappa shape index (κ2) is 5.14. The normalized spacial score (nSPS) is 20.6. The van der Waals surface area contributed by atoms with Crippen LogP contribution in [-0.4, -0.2) is 29.9 Å². The number of aromatic nitrogens is 1. The maximum Gasteiger partial charge on any atom is 0.514 e. The largest absolute Gasteiger partial charge is 0.514 e. The lowest BCUT2D eigenvalue weighted by molar-refractivity contribution is 0.00578. The van der Waals surface area contributed by atoms with E-state index in [-0.39, 0.29) is 11.2 Å². The van der Waals surface area contributed by atoms with Gasteiger partial charge in [-0.25, -0.2) is 4.98 Å². The first-order valence-corrected chi connectivity index (χ1v) is 6.81. The van der Waals surface area contributed by atoms with Gasteiger partial charge in [-0.2, -0.15) is 0 Å². The summed E-state index contributed by atoms with van der Waals surface area (Å²) in [5.74, 6) is 0.620. The van der Waals surface area contributed by atoms with Crippen molar-refractivity contribution in [1.82, 2.24) is 4.98 Å². The van der Waals surface area contributed by atoms with E-state index in [9.17, 15) is 0 Å². The molecule has 2 rings (SSSR count). The van der Waals surface area contributed by atoms with Gasteiger partial charge in [0.25, 0.3) is 0 Å². The van der Waals surface area contributed by atoms with Gasteiger partial charge in [-0.05, 0) is 40.2 Å². The number of hydrogen-bond acceptors (Lipinski definition) is 4. The zero-order valence-electron chi connectivity index (χ0n) is 12.4. The molecule has 0 saturated carbocycles. The third kappa shape index (κ3) is 2.93. The van der Waals surface area contributed by atoms with Gasteiger partial charge in [0.2, 0.25) is 5.88 Å². The van der Waals surface area contributed by atoms with Crippen LogP contribution in [0.5, 0.6) is 5.88 Å². The summed E-state index contributed by atoms with van der Waals surface area (Å²) in [6.45, 7) is 10.9. The van der Waals surface area contributed by atoms with Crippen LogP contribution < -0.4 is 10.3 Å². The average molecular weight is 263 g/mol. The smallest absolute Gasteiger partial charge is 0.478 e. The highest BCUT2D eigenvalue weighted by molar-refractivity contribution is 6.61. The predicted octanol–water partition coefficient (Wildman–Crippen LogP) is 2.17. The van der Waals surface area contributed by atoms with E-state index in [1.165, 1.54) is 0 Å². The predicted molar refractivity (Wildman–Crippen MR) is 75.7 cm³/mol. The molecule has 5 heteroatoms. The Hall–Kier alpha value is -1.07. The van der Waals surface area contributed by atoms with Gasteiger partial charge in [0.05, 0.1) is 23.4 Å². The molecular weight excluding hydrogens is 241 g/mol. The van der Waals surface area contributed by atoms with E-state index in [4.69, 9.17) is 14.0 Å². The molecule has 1 aliphatic heterocycles. The van der Waals surface area contributed by atoms with Gasteiger partial charge in [-0.3, -0.25) is 0 Å². The fourth-order valence-electron chi connectivity index (χ4n) is 1.81. The molecule has 104 valence electrons. The average Bonchev–Trinajstić information content (AvgIpc) is 2.56. The summed E-state index contributed by atoms with van der Waals surface area (Å²) in [6.07, 6.45) is 0.961.